The van der Waals surface area contributed by atoms with E-state index in [1.54, 1.807) is 35.9 Å². The second-order valence-electron chi connectivity index (χ2n) is 6.34. The Bertz CT molecular complexity index is 1190. The Labute approximate surface area is 159 Å². The maximum absolute atomic E-state index is 9.39. The monoisotopic (exact) mass is 370 g/mol. The van der Waals surface area contributed by atoms with Crippen molar-refractivity contribution < 1.29 is 4.74 Å². The number of pyridine rings is 1. The third-order valence-corrected chi connectivity index (χ3v) is 5.85. The van der Waals surface area contributed by atoms with Gasteiger partial charge in [0, 0.05) is 22.8 Å². The van der Waals surface area contributed by atoms with E-state index in [1.807, 2.05) is 24.3 Å². The Hall–Kier alpha value is -3.30. The number of nitriles is 1. The Morgan fingerprint density at radius 1 is 1.07 bits per heavy atom. The van der Waals surface area contributed by atoms with Gasteiger partial charge in [-0.1, -0.05) is 12.1 Å². The van der Waals surface area contributed by atoms with Gasteiger partial charge in [-0.15, -0.1) is 11.3 Å². The molecule has 0 amide bonds. The van der Waals surface area contributed by atoms with Gasteiger partial charge in [-0.2, -0.15) is 10.2 Å². The van der Waals surface area contributed by atoms with Gasteiger partial charge in [0.1, 0.15) is 16.6 Å². The number of benzene rings is 1. The van der Waals surface area contributed by atoms with Gasteiger partial charge in [-0.25, -0.2) is 4.98 Å². The summed E-state index contributed by atoms with van der Waals surface area (Å²) in [5, 5.41) is 10.4. The first-order chi connectivity index (χ1) is 13.3. The van der Waals surface area contributed by atoms with Crippen molar-refractivity contribution in [2.24, 2.45) is 0 Å². The first-order valence-electron chi connectivity index (χ1n) is 8.73. The zero-order valence-corrected chi connectivity index (χ0v) is 15.2. The fraction of sp³-hybridized carbons (Fsp3) is 0.143. The van der Waals surface area contributed by atoms with Crippen LogP contribution in [0.5, 0.6) is 11.6 Å². The van der Waals surface area contributed by atoms with E-state index in [2.05, 4.69) is 11.1 Å². The molecule has 4 aromatic rings. The predicted octanol–water partition coefficient (Wildman–Crippen LogP) is 4.91. The minimum Gasteiger partial charge on any atom is -0.437 e. The van der Waals surface area contributed by atoms with Gasteiger partial charge >= 0.3 is 0 Å². The molecule has 1 aliphatic carbocycles. The minimum atomic E-state index is 0.485. The normalized spacial score (nSPS) is 12.7. The lowest BCUT2D eigenvalue weighted by Gasteiger charge is -2.10. The lowest BCUT2D eigenvalue weighted by Crippen LogP contribution is -1.97. The van der Waals surface area contributed by atoms with Crippen molar-refractivity contribution >= 4 is 21.6 Å². The Kier molecular flexibility index (Phi) is 3.80. The molecule has 3 heterocycles. The second kappa shape index (κ2) is 6.45. The van der Waals surface area contributed by atoms with Crippen LogP contribution in [-0.4, -0.2) is 15.0 Å². The van der Waals surface area contributed by atoms with E-state index in [1.165, 1.54) is 10.4 Å². The number of aryl methyl sites for hydroxylation is 2. The number of para-hydroxylation sites is 1. The molecule has 0 spiro atoms. The SMILES string of the molecule is N#Cc1ccccc1Oc1nc(-c2cccnc2)nc2sc3c(c12)CCC3. The largest absolute Gasteiger partial charge is 0.437 e. The lowest BCUT2D eigenvalue weighted by atomic mass is 10.2. The molecule has 3 aromatic heterocycles. The van der Waals surface area contributed by atoms with Crippen LogP contribution >= 0.6 is 11.3 Å². The van der Waals surface area contributed by atoms with Crippen LogP contribution in [0.2, 0.25) is 0 Å². The van der Waals surface area contributed by atoms with Gasteiger partial charge in [-0.3, -0.25) is 4.98 Å². The highest BCUT2D eigenvalue weighted by atomic mass is 32.1. The third-order valence-electron chi connectivity index (χ3n) is 4.67. The van der Waals surface area contributed by atoms with E-state index >= 15 is 0 Å². The van der Waals surface area contributed by atoms with Crippen LogP contribution in [0.3, 0.4) is 0 Å². The molecule has 6 heteroatoms. The molecule has 0 saturated heterocycles. The van der Waals surface area contributed by atoms with Crippen molar-refractivity contribution in [2.45, 2.75) is 19.3 Å². The molecule has 5 rings (SSSR count). The van der Waals surface area contributed by atoms with Gasteiger partial charge in [0.05, 0.1) is 10.9 Å². The van der Waals surface area contributed by atoms with Crippen molar-refractivity contribution in [1.29, 1.82) is 5.26 Å². The standard InChI is InChI=1S/C21H14N4OS/c22-11-13-5-1-2-8-16(13)26-20-18-15-7-3-9-17(15)27-21(18)25-19(24-20)14-6-4-10-23-12-14/h1-2,4-6,8,10,12H,3,7,9H2. The van der Waals surface area contributed by atoms with Gasteiger partial charge in [0.15, 0.2) is 5.82 Å². The van der Waals surface area contributed by atoms with Crippen LogP contribution in [-0.2, 0) is 12.8 Å². The molecule has 0 unspecified atom stereocenters. The summed E-state index contributed by atoms with van der Waals surface area (Å²) in [5.41, 5.74) is 2.61. The molecule has 0 aliphatic heterocycles. The summed E-state index contributed by atoms with van der Waals surface area (Å²) < 4.78 is 6.17. The summed E-state index contributed by atoms with van der Waals surface area (Å²) in [5.74, 6) is 1.61. The molecule has 0 N–H and O–H groups in total. The van der Waals surface area contributed by atoms with Crippen LogP contribution in [0.15, 0.2) is 48.8 Å². The highest BCUT2D eigenvalue weighted by Gasteiger charge is 2.24. The van der Waals surface area contributed by atoms with E-state index in [0.29, 0.717) is 23.0 Å². The first-order valence-corrected chi connectivity index (χ1v) is 9.55. The van der Waals surface area contributed by atoms with Crippen LogP contribution in [0.1, 0.15) is 22.4 Å². The van der Waals surface area contributed by atoms with Crippen LogP contribution in [0.25, 0.3) is 21.6 Å². The van der Waals surface area contributed by atoms with E-state index in [9.17, 15) is 5.26 Å². The number of hydrogen-bond acceptors (Lipinski definition) is 6. The lowest BCUT2D eigenvalue weighted by molar-refractivity contribution is 0.467. The van der Waals surface area contributed by atoms with E-state index in [0.717, 1.165) is 35.0 Å². The Morgan fingerprint density at radius 2 is 2.00 bits per heavy atom. The summed E-state index contributed by atoms with van der Waals surface area (Å²) in [6.45, 7) is 0. The first kappa shape index (κ1) is 15.9. The molecule has 5 nitrogen and oxygen atoms in total. The van der Waals surface area contributed by atoms with Crippen LogP contribution in [0, 0.1) is 11.3 Å². The number of fused-ring (bicyclic) bond motifs is 3. The van der Waals surface area contributed by atoms with Crippen molar-refractivity contribution in [2.75, 3.05) is 0 Å². The second-order valence-corrected chi connectivity index (χ2v) is 7.43. The maximum Gasteiger partial charge on any atom is 0.232 e. The minimum absolute atomic E-state index is 0.485. The zero-order chi connectivity index (χ0) is 18.2. The molecule has 0 atom stereocenters. The van der Waals surface area contributed by atoms with Gasteiger partial charge in [-0.05, 0) is 49.1 Å². The quantitative estimate of drug-likeness (QED) is 0.512. The maximum atomic E-state index is 9.39. The van der Waals surface area contributed by atoms with Crippen molar-refractivity contribution in [3.05, 3.63) is 64.8 Å². The van der Waals surface area contributed by atoms with Crippen molar-refractivity contribution in [3.63, 3.8) is 0 Å². The highest BCUT2D eigenvalue weighted by molar-refractivity contribution is 7.19. The summed E-state index contributed by atoms with van der Waals surface area (Å²) in [6.07, 6.45) is 6.71. The zero-order valence-electron chi connectivity index (χ0n) is 14.3. The van der Waals surface area contributed by atoms with Crippen molar-refractivity contribution in [1.82, 2.24) is 15.0 Å². The molecule has 27 heavy (non-hydrogen) atoms. The van der Waals surface area contributed by atoms with Crippen LogP contribution < -0.4 is 4.74 Å². The fourth-order valence-electron chi connectivity index (χ4n) is 3.41. The summed E-state index contributed by atoms with van der Waals surface area (Å²) in [4.78, 5) is 16.0. The topological polar surface area (TPSA) is 71.7 Å². The fourth-order valence-corrected chi connectivity index (χ4v) is 4.66. The molecule has 0 bridgehead atoms. The molecule has 1 aromatic carbocycles. The average molecular weight is 370 g/mol. The van der Waals surface area contributed by atoms with E-state index < -0.39 is 0 Å². The molecular weight excluding hydrogens is 356 g/mol. The molecule has 0 saturated carbocycles. The summed E-state index contributed by atoms with van der Waals surface area (Å²) >= 11 is 1.71. The van der Waals surface area contributed by atoms with Crippen molar-refractivity contribution in [3.8, 4) is 29.1 Å². The molecule has 0 radical (unpaired) electrons. The Morgan fingerprint density at radius 3 is 2.85 bits per heavy atom. The predicted molar refractivity (Wildman–Crippen MR) is 104 cm³/mol. The van der Waals surface area contributed by atoms with Gasteiger partial charge < -0.3 is 4.74 Å². The highest BCUT2D eigenvalue weighted by Crippen LogP contribution is 2.42. The molecule has 130 valence electrons. The number of hydrogen-bond donors (Lipinski definition) is 0. The number of ether oxygens (including phenoxy) is 1. The number of nitrogens with zero attached hydrogens (tertiary/aromatic N) is 4. The average Bonchev–Trinajstić information content (AvgIpc) is 3.30. The molecule has 0 fully saturated rings. The summed E-state index contributed by atoms with van der Waals surface area (Å²) in [7, 11) is 0. The Balaban J connectivity index is 1.72. The number of rotatable bonds is 3. The van der Waals surface area contributed by atoms with Gasteiger partial charge in [0.25, 0.3) is 0 Å². The van der Waals surface area contributed by atoms with Gasteiger partial charge in [0.2, 0.25) is 5.88 Å². The molecule has 1 aliphatic rings. The molecular formula is C21H14N4OS. The third kappa shape index (κ3) is 2.73. The smallest absolute Gasteiger partial charge is 0.232 e. The number of thiophene rings is 1. The van der Waals surface area contributed by atoms with E-state index in [-0.39, 0.29) is 0 Å². The summed E-state index contributed by atoms with van der Waals surface area (Å²) in [6, 6.07) is 13.2. The number of aromatic nitrogens is 3. The van der Waals surface area contributed by atoms with E-state index in [4.69, 9.17) is 14.7 Å². The van der Waals surface area contributed by atoms with Crippen LogP contribution in [0.4, 0.5) is 0 Å².